The van der Waals surface area contributed by atoms with Gasteiger partial charge in [0.1, 0.15) is 6.54 Å². The minimum absolute atomic E-state index is 0.0937. The molecule has 4 aromatic rings. The van der Waals surface area contributed by atoms with Crippen molar-refractivity contribution in [2.45, 2.75) is 45.7 Å². The maximum absolute atomic E-state index is 12.9. The van der Waals surface area contributed by atoms with Gasteiger partial charge in [-0.3, -0.25) is 4.79 Å². The Hall–Kier alpha value is -3.75. The summed E-state index contributed by atoms with van der Waals surface area (Å²) < 4.78 is 8.10. The lowest BCUT2D eigenvalue weighted by Gasteiger charge is -2.33. The minimum atomic E-state index is -0.377. The highest BCUT2D eigenvalue weighted by molar-refractivity contribution is 5.77. The molecule has 0 spiro atoms. The molecule has 5 rings (SSSR count). The van der Waals surface area contributed by atoms with Gasteiger partial charge >= 0.3 is 5.69 Å². The van der Waals surface area contributed by atoms with E-state index in [1.165, 1.54) is 9.08 Å². The molecule has 0 saturated carbocycles. The number of hydrogen-bond acceptors (Lipinski definition) is 6. The molecule has 0 aliphatic carbocycles. The van der Waals surface area contributed by atoms with Gasteiger partial charge in [0.15, 0.2) is 5.65 Å². The van der Waals surface area contributed by atoms with Crippen LogP contribution < -0.4 is 5.69 Å². The summed E-state index contributed by atoms with van der Waals surface area (Å²) in [7, 11) is 0. The van der Waals surface area contributed by atoms with Crippen LogP contribution in [0.3, 0.4) is 0 Å². The van der Waals surface area contributed by atoms with Crippen LogP contribution in [-0.2, 0) is 11.3 Å². The number of piperidine rings is 1. The smallest absolute Gasteiger partial charge is 0.338 e. The molecule has 4 heterocycles. The maximum atomic E-state index is 12.9. The minimum Gasteiger partial charge on any atom is -0.338 e. The Labute approximate surface area is 184 Å². The summed E-state index contributed by atoms with van der Waals surface area (Å²) in [5.74, 6) is 0.630. The molecule has 1 aromatic carbocycles. The van der Waals surface area contributed by atoms with Crippen LogP contribution in [0, 0.1) is 6.92 Å². The van der Waals surface area contributed by atoms with Crippen molar-refractivity contribution in [3.63, 3.8) is 0 Å². The highest BCUT2D eigenvalue weighted by Gasteiger charge is 2.25. The third-order valence-corrected chi connectivity index (χ3v) is 5.95. The largest absolute Gasteiger partial charge is 0.350 e. The first-order valence-electron chi connectivity index (χ1n) is 10.8. The van der Waals surface area contributed by atoms with E-state index in [9.17, 15) is 9.59 Å². The zero-order valence-corrected chi connectivity index (χ0v) is 18.1. The number of nitrogens with zero attached hydrogens (tertiary/aromatic N) is 6. The molecule has 1 amide bonds. The predicted octanol–water partition coefficient (Wildman–Crippen LogP) is 2.92. The van der Waals surface area contributed by atoms with Gasteiger partial charge in [-0.2, -0.15) is 4.98 Å². The third kappa shape index (κ3) is 3.59. The number of rotatable bonds is 4. The number of carbonyl (C=O) groups is 1. The average Bonchev–Trinajstić information content (AvgIpc) is 3.40. The van der Waals surface area contributed by atoms with Crippen LogP contribution in [-0.4, -0.2) is 47.7 Å². The normalized spacial score (nSPS) is 16.6. The van der Waals surface area contributed by atoms with Crippen molar-refractivity contribution in [2.24, 2.45) is 0 Å². The number of likely N-dealkylation sites (tertiary alicyclic amines) is 1. The van der Waals surface area contributed by atoms with Crippen LogP contribution in [0.5, 0.6) is 0 Å². The molecule has 9 nitrogen and oxygen atoms in total. The zero-order valence-electron chi connectivity index (χ0n) is 18.1. The second kappa shape index (κ2) is 8.07. The van der Waals surface area contributed by atoms with Crippen molar-refractivity contribution >= 4 is 11.6 Å². The first-order valence-corrected chi connectivity index (χ1v) is 10.8. The Kier molecular flexibility index (Phi) is 5.08. The standard InChI is InChI=1S/C23H24N6O3/c1-15-7-5-9-17(13-15)20-24-22(32-26-20)18-10-6-12-28-21(18)25-29(23(28)31)14-19(30)27-11-4-3-8-16(27)2/h5-7,9-10,12-13,16H,3-4,8,11,14H2,1-2H3. The van der Waals surface area contributed by atoms with Crippen molar-refractivity contribution in [3.05, 3.63) is 58.6 Å². The molecular weight excluding hydrogens is 408 g/mol. The van der Waals surface area contributed by atoms with Crippen molar-refractivity contribution in [1.29, 1.82) is 0 Å². The Morgan fingerprint density at radius 1 is 1.22 bits per heavy atom. The topological polar surface area (TPSA) is 98.5 Å². The van der Waals surface area contributed by atoms with Crippen LogP contribution in [0.1, 0.15) is 31.7 Å². The lowest BCUT2D eigenvalue weighted by atomic mass is 10.0. The number of benzene rings is 1. The molecule has 0 bridgehead atoms. The molecule has 3 aromatic heterocycles. The first-order chi connectivity index (χ1) is 15.5. The molecule has 0 N–H and O–H groups in total. The molecule has 164 valence electrons. The second-order valence-corrected chi connectivity index (χ2v) is 8.28. The molecular formula is C23H24N6O3. The molecule has 1 saturated heterocycles. The molecule has 32 heavy (non-hydrogen) atoms. The second-order valence-electron chi connectivity index (χ2n) is 8.28. The van der Waals surface area contributed by atoms with Gasteiger partial charge in [0.05, 0.1) is 5.56 Å². The van der Waals surface area contributed by atoms with Crippen molar-refractivity contribution < 1.29 is 9.32 Å². The summed E-state index contributed by atoms with van der Waals surface area (Å²) in [6.07, 6.45) is 4.71. The quantitative estimate of drug-likeness (QED) is 0.492. The SMILES string of the molecule is Cc1cccc(-c2noc(-c3cccn4c(=O)n(CC(=O)N5CCCCC5C)nc34)n2)c1. The van der Waals surface area contributed by atoms with Gasteiger partial charge in [-0.25, -0.2) is 13.9 Å². The van der Waals surface area contributed by atoms with Gasteiger partial charge in [0.2, 0.25) is 11.7 Å². The van der Waals surface area contributed by atoms with E-state index < -0.39 is 0 Å². The van der Waals surface area contributed by atoms with Crippen molar-refractivity contribution in [3.8, 4) is 22.8 Å². The predicted molar refractivity (Wildman–Crippen MR) is 118 cm³/mol. The van der Waals surface area contributed by atoms with E-state index in [0.29, 0.717) is 17.0 Å². The summed E-state index contributed by atoms with van der Waals surface area (Å²) in [6, 6.07) is 11.5. The zero-order chi connectivity index (χ0) is 22.2. The molecule has 1 atom stereocenters. The lowest BCUT2D eigenvalue weighted by Crippen LogP contribution is -2.44. The number of amides is 1. The highest BCUT2D eigenvalue weighted by atomic mass is 16.5. The molecule has 1 aliphatic rings. The summed E-state index contributed by atoms with van der Waals surface area (Å²) in [5, 5.41) is 8.53. The monoisotopic (exact) mass is 432 g/mol. The lowest BCUT2D eigenvalue weighted by molar-refractivity contribution is -0.135. The van der Waals surface area contributed by atoms with E-state index in [1.807, 2.05) is 43.0 Å². The number of fused-ring (bicyclic) bond motifs is 1. The number of pyridine rings is 1. The molecule has 1 unspecified atom stereocenters. The first kappa shape index (κ1) is 20.2. The van der Waals surface area contributed by atoms with Crippen LogP contribution in [0.2, 0.25) is 0 Å². The number of aromatic nitrogens is 5. The van der Waals surface area contributed by atoms with Gasteiger partial charge < -0.3 is 9.42 Å². The Balaban J connectivity index is 1.48. The number of aryl methyl sites for hydroxylation is 1. The molecule has 1 aliphatic heterocycles. The fourth-order valence-electron chi connectivity index (χ4n) is 4.23. The van der Waals surface area contributed by atoms with Crippen molar-refractivity contribution in [2.75, 3.05) is 6.54 Å². The Morgan fingerprint density at radius 2 is 2.09 bits per heavy atom. The molecule has 1 fully saturated rings. The summed E-state index contributed by atoms with van der Waals surface area (Å²) in [4.78, 5) is 32.1. The van der Waals surface area contributed by atoms with Crippen molar-refractivity contribution in [1.82, 2.24) is 29.2 Å². The molecule has 9 heteroatoms. The van der Waals surface area contributed by atoms with E-state index in [0.717, 1.165) is 36.9 Å². The van der Waals surface area contributed by atoms with E-state index in [4.69, 9.17) is 4.52 Å². The summed E-state index contributed by atoms with van der Waals surface area (Å²) in [5.41, 5.74) is 2.47. The van der Waals surface area contributed by atoms with E-state index >= 15 is 0 Å². The Morgan fingerprint density at radius 3 is 2.91 bits per heavy atom. The van der Waals surface area contributed by atoms with Crippen LogP contribution in [0.4, 0.5) is 0 Å². The summed E-state index contributed by atoms with van der Waals surface area (Å²) >= 11 is 0. The molecule has 0 radical (unpaired) electrons. The highest BCUT2D eigenvalue weighted by Crippen LogP contribution is 2.25. The van der Waals surface area contributed by atoms with Crippen LogP contribution in [0.15, 0.2) is 51.9 Å². The average molecular weight is 432 g/mol. The van der Waals surface area contributed by atoms with E-state index in [2.05, 4.69) is 15.2 Å². The van der Waals surface area contributed by atoms with Gasteiger partial charge in [-0.1, -0.05) is 28.9 Å². The van der Waals surface area contributed by atoms with Crippen LogP contribution >= 0.6 is 0 Å². The van der Waals surface area contributed by atoms with E-state index in [-0.39, 0.29) is 30.1 Å². The Bertz CT molecular complexity index is 1350. The van der Waals surface area contributed by atoms with Gasteiger partial charge in [0, 0.05) is 24.3 Å². The third-order valence-electron chi connectivity index (χ3n) is 5.95. The number of hydrogen-bond donors (Lipinski definition) is 0. The van der Waals surface area contributed by atoms with Gasteiger partial charge in [-0.15, -0.1) is 5.10 Å². The summed E-state index contributed by atoms with van der Waals surface area (Å²) in [6.45, 7) is 4.67. The fourth-order valence-corrected chi connectivity index (χ4v) is 4.23. The van der Waals surface area contributed by atoms with Gasteiger partial charge in [-0.05, 0) is 51.3 Å². The maximum Gasteiger partial charge on any atom is 0.350 e. The van der Waals surface area contributed by atoms with E-state index in [1.54, 1.807) is 18.3 Å². The van der Waals surface area contributed by atoms with Gasteiger partial charge in [0.25, 0.3) is 5.89 Å². The fraction of sp³-hybridized carbons (Fsp3) is 0.348. The van der Waals surface area contributed by atoms with Crippen LogP contribution in [0.25, 0.3) is 28.5 Å². The number of carbonyl (C=O) groups excluding carboxylic acids is 1.